The molecule has 0 unspecified atom stereocenters. The summed E-state index contributed by atoms with van der Waals surface area (Å²) in [4.78, 5) is 24.4. The van der Waals surface area contributed by atoms with Gasteiger partial charge < -0.3 is 20.1 Å². The highest BCUT2D eigenvalue weighted by atomic mass is 35.5. The largest absolute Gasteiger partial charge is 0.464 e. The zero-order chi connectivity index (χ0) is 24.4. The molecule has 12 heteroatoms. The van der Waals surface area contributed by atoms with Gasteiger partial charge in [0.1, 0.15) is 0 Å². The van der Waals surface area contributed by atoms with Gasteiger partial charge in [-0.05, 0) is 49.9 Å². The standard InChI is InChI=1S/C22H36Cl2N8O2/c1-3-33-21-29-17(23)27-19(31-21)25-15-13-11-9-7-5-6-8-10-12-14-16-26-20-28-18(24)30-22(32-20)34-4-2/h3-16H2,1-2H3,(H,25,27,29,31)(H,26,28,30,32). The summed E-state index contributed by atoms with van der Waals surface area (Å²) >= 11 is 11.8. The molecule has 2 heterocycles. The van der Waals surface area contributed by atoms with Gasteiger partial charge in [-0.1, -0.05) is 51.4 Å². The number of ether oxygens (including phenoxy) is 2. The molecule has 0 aromatic carbocycles. The van der Waals surface area contributed by atoms with Crippen molar-refractivity contribution in [1.29, 1.82) is 0 Å². The van der Waals surface area contributed by atoms with Crippen LogP contribution in [0, 0.1) is 0 Å². The van der Waals surface area contributed by atoms with E-state index in [1.54, 1.807) is 0 Å². The van der Waals surface area contributed by atoms with E-state index in [-0.39, 0.29) is 22.6 Å². The molecule has 0 saturated heterocycles. The lowest BCUT2D eigenvalue weighted by atomic mass is 10.1. The maximum absolute atomic E-state index is 5.89. The number of halogens is 2. The van der Waals surface area contributed by atoms with Crippen molar-refractivity contribution < 1.29 is 9.47 Å². The first kappa shape index (κ1) is 28.0. The molecule has 10 nitrogen and oxygen atoms in total. The molecule has 0 aliphatic heterocycles. The second-order valence-electron chi connectivity index (χ2n) is 7.68. The van der Waals surface area contributed by atoms with E-state index >= 15 is 0 Å². The molecule has 34 heavy (non-hydrogen) atoms. The number of unbranched alkanes of at least 4 members (excludes halogenated alkanes) is 9. The predicted molar refractivity (Wildman–Crippen MR) is 135 cm³/mol. The highest BCUT2D eigenvalue weighted by Crippen LogP contribution is 2.14. The summed E-state index contributed by atoms with van der Waals surface area (Å²) < 4.78 is 10.5. The van der Waals surface area contributed by atoms with E-state index < -0.39 is 0 Å². The highest BCUT2D eigenvalue weighted by molar-refractivity contribution is 6.28. The number of aromatic nitrogens is 6. The smallest absolute Gasteiger partial charge is 0.322 e. The van der Waals surface area contributed by atoms with Gasteiger partial charge >= 0.3 is 12.0 Å². The second kappa shape index (κ2) is 17.3. The van der Waals surface area contributed by atoms with Crippen molar-refractivity contribution in [2.24, 2.45) is 0 Å². The number of nitrogens with one attached hydrogen (secondary N) is 2. The average Bonchev–Trinajstić information content (AvgIpc) is 2.79. The van der Waals surface area contributed by atoms with Crippen LogP contribution in [0.1, 0.15) is 78.1 Å². The van der Waals surface area contributed by atoms with Crippen LogP contribution in [0.5, 0.6) is 12.0 Å². The van der Waals surface area contributed by atoms with Crippen LogP contribution in [0.4, 0.5) is 11.9 Å². The van der Waals surface area contributed by atoms with Gasteiger partial charge in [-0.2, -0.15) is 29.9 Å². The van der Waals surface area contributed by atoms with Crippen LogP contribution in [0.25, 0.3) is 0 Å². The Hall–Kier alpha value is -2.20. The van der Waals surface area contributed by atoms with Crippen molar-refractivity contribution in [2.75, 3.05) is 36.9 Å². The van der Waals surface area contributed by atoms with Crippen LogP contribution >= 0.6 is 23.2 Å². The molecule has 2 aromatic rings. The Morgan fingerprint density at radius 2 is 0.882 bits per heavy atom. The zero-order valence-corrected chi connectivity index (χ0v) is 21.7. The van der Waals surface area contributed by atoms with Crippen molar-refractivity contribution in [3.8, 4) is 12.0 Å². The molecular formula is C22H36Cl2N8O2. The van der Waals surface area contributed by atoms with Crippen LogP contribution in [0.3, 0.4) is 0 Å². The fraction of sp³-hybridized carbons (Fsp3) is 0.727. The van der Waals surface area contributed by atoms with Crippen molar-refractivity contribution >= 4 is 35.1 Å². The van der Waals surface area contributed by atoms with Gasteiger partial charge in [-0.25, -0.2) is 0 Å². The third-order valence-electron chi connectivity index (χ3n) is 4.89. The quantitative estimate of drug-likeness (QED) is 0.229. The zero-order valence-electron chi connectivity index (χ0n) is 20.2. The predicted octanol–water partition coefficient (Wildman–Crippen LogP) is 5.59. The van der Waals surface area contributed by atoms with E-state index in [2.05, 4.69) is 40.5 Å². The summed E-state index contributed by atoms with van der Waals surface area (Å²) in [6, 6.07) is 0.509. The molecule has 0 amide bonds. The molecule has 2 N–H and O–H groups in total. The van der Waals surface area contributed by atoms with Crippen LogP contribution in [-0.2, 0) is 0 Å². The van der Waals surface area contributed by atoms with E-state index in [1.165, 1.54) is 51.4 Å². The number of hydrogen-bond acceptors (Lipinski definition) is 10. The Balaban J connectivity index is 1.40. The lowest BCUT2D eigenvalue weighted by Gasteiger charge is -2.07. The lowest BCUT2D eigenvalue weighted by molar-refractivity contribution is 0.311. The number of hydrogen-bond donors (Lipinski definition) is 2. The van der Waals surface area contributed by atoms with E-state index in [9.17, 15) is 0 Å². The molecule has 0 radical (unpaired) electrons. The molecule has 0 aliphatic carbocycles. The van der Waals surface area contributed by atoms with Gasteiger partial charge in [-0.3, -0.25) is 0 Å². The van der Waals surface area contributed by atoms with Gasteiger partial charge in [-0.15, -0.1) is 0 Å². The van der Waals surface area contributed by atoms with Crippen LogP contribution in [-0.4, -0.2) is 56.2 Å². The second-order valence-corrected chi connectivity index (χ2v) is 8.35. The molecule has 0 atom stereocenters. The summed E-state index contributed by atoms with van der Waals surface area (Å²) in [5.74, 6) is 0.928. The molecule has 2 aromatic heterocycles. The maximum atomic E-state index is 5.89. The Bertz CT molecular complexity index is 764. The van der Waals surface area contributed by atoms with Crippen LogP contribution in [0.15, 0.2) is 0 Å². The monoisotopic (exact) mass is 514 g/mol. The van der Waals surface area contributed by atoms with Gasteiger partial charge in [0.2, 0.25) is 22.5 Å². The minimum atomic E-state index is 0.140. The highest BCUT2D eigenvalue weighted by Gasteiger charge is 2.06. The lowest BCUT2D eigenvalue weighted by Crippen LogP contribution is -2.08. The maximum Gasteiger partial charge on any atom is 0.322 e. The van der Waals surface area contributed by atoms with Crippen molar-refractivity contribution in [3.05, 3.63) is 10.6 Å². The Kier molecular flexibility index (Phi) is 14.2. The van der Waals surface area contributed by atoms with Gasteiger partial charge in [0, 0.05) is 13.1 Å². The van der Waals surface area contributed by atoms with Crippen LogP contribution < -0.4 is 20.1 Å². The summed E-state index contributed by atoms with van der Waals surface area (Å²) in [5, 5.41) is 6.65. The fourth-order valence-corrected chi connectivity index (χ4v) is 3.58. The normalized spacial score (nSPS) is 10.8. The fourth-order valence-electron chi connectivity index (χ4n) is 3.27. The van der Waals surface area contributed by atoms with Crippen molar-refractivity contribution in [1.82, 2.24) is 29.9 Å². The molecule has 0 spiro atoms. The van der Waals surface area contributed by atoms with Gasteiger partial charge in [0.25, 0.3) is 0 Å². The molecule has 2 rings (SSSR count). The SMILES string of the molecule is CCOc1nc(Cl)nc(NCCCCCCCCCCCCNc2nc(Cl)nc(OCC)n2)n1. The third-order valence-corrected chi connectivity index (χ3v) is 5.23. The van der Waals surface area contributed by atoms with Crippen molar-refractivity contribution in [2.45, 2.75) is 78.1 Å². The number of rotatable bonds is 19. The first-order valence-corrected chi connectivity index (χ1v) is 12.9. The summed E-state index contributed by atoms with van der Waals surface area (Å²) in [6.07, 6.45) is 12.1. The van der Waals surface area contributed by atoms with Crippen molar-refractivity contribution in [3.63, 3.8) is 0 Å². The minimum Gasteiger partial charge on any atom is -0.464 e. The number of anilines is 2. The summed E-state index contributed by atoms with van der Waals surface area (Å²) in [5.41, 5.74) is 0. The third kappa shape index (κ3) is 12.3. The van der Waals surface area contributed by atoms with E-state index in [0.717, 1.165) is 25.9 Å². The molecular weight excluding hydrogens is 479 g/mol. The molecule has 0 bridgehead atoms. The first-order chi connectivity index (χ1) is 16.6. The topological polar surface area (TPSA) is 120 Å². The molecule has 0 aliphatic rings. The van der Waals surface area contributed by atoms with E-state index in [0.29, 0.717) is 25.1 Å². The van der Waals surface area contributed by atoms with Gasteiger partial charge in [0.15, 0.2) is 0 Å². The summed E-state index contributed by atoms with van der Waals surface area (Å²) in [6.45, 7) is 6.35. The Morgan fingerprint density at radius 1 is 0.529 bits per heavy atom. The Morgan fingerprint density at radius 3 is 1.24 bits per heavy atom. The summed E-state index contributed by atoms with van der Waals surface area (Å²) in [7, 11) is 0. The van der Waals surface area contributed by atoms with E-state index in [1.807, 2.05) is 13.8 Å². The average molecular weight is 515 g/mol. The van der Waals surface area contributed by atoms with Crippen LogP contribution in [0.2, 0.25) is 10.6 Å². The molecule has 190 valence electrons. The molecule has 0 saturated carbocycles. The Labute approximate surface area is 212 Å². The number of nitrogens with zero attached hydrogens (tertiary/aromatic N) is 6. The molecule has 0 fully saturated rings. The minimum absolute atomic E-state index is 0.140. The van der Waals surface area contributed by atoms with E-state index in [4.69, 9.17) is 32.7 Å². The van der Waals surface area contributed by atoms with Gasteiger partial charge in [0.05, 0.1) is 13.2 Å². The first-order valence-electron chi connectivity index (χ1n) is 12.2.